The van der Waals surface area contributed by atoms with Crippen LogP contribution in [-0.2, 0) is 9.59 Å². The quantitative estimate of drug-likeness (QED) is 0.761. The molecule has 0 heterocycles. The van der Waals surface area contributed by atoms with Crippen LogP contribution in [-0.4, -0.2) is 17.7 Å². The number of nitrogens with one attached hydrogen (secondary N) is 1. The van der Waals surface area contributed by atoms with Crippen molar-refractivity contribution >= 4 is 11.7 Å². The lowest BCUT2D eigenvalue weighted by molar-refractivity contribution is -0.130. The monoisotopic (exact) mass is 213 g/mol. The third-order valence-electron chi connectivity index (χ3n) is 2.31. The molecule has 0 spiro atoms. The fraction of sp³-hybridized carbons (Fsp3) is 0.833. The topological polar surface area (TPSA) is 46.2 Å². The Morgan fingerprint density at radius 2 is 1.73 bits per heavy atom. The summed E-state index contributed by atoms with van der Waals surface area (Å²) in [4.78, 5) is 23.1. The molecule has 1 atom stereocenters. The number of carbonyl (C=O) groups is 2. The van der Waals surface area contributed by atoms with Crippen molar-refractivity contribution in [3.05, 3.63) is 0 Å². The van der Waals surface area contributed by atoms with Gasteiger partial charge in [-0.3, -0.25) is 9.59 Å². The fourth-order valence-corrected chi connectivity index (χ4v) is 1.43. The molecule has 0 saturated heterocycles. The molecular weight excluding hydrogens is 190 g/mol. The van der Waals surface area contributed by atoms with E-state index in [1.165, 1.54) is 0 Å². The number of carbonyl (C=O) groups excluding carboxylic acids is 2. The van der Waals surface area contributed by atoms with Crippen LogP contribution in [0.15, 0.2) is 0 Å². The van der Waals surface area contributed by atoms with Gasteiger partial charge in [-0.2, -0.15) is 0 Å². The number of amides is 1. The molecule has 1 amide bonds. The molecule has 1 N–H and O–H groups in total. The molecule has 15 heavy (non-hydrogen) atoms. The smallest absolute Gasteiger partial charge is 0.220 e. The number of rotatable bonds is 5. The maximum absolute atomic E-state index is 11.8. The van der Waals surface area contributed by atoms with Crippen LogP contribution in [0.1, 0.15) is 53.9 Å². The average molecular weight is 213 g/mol. The summed E-state index contributed by atoms with van der Waals surface area (Å²) in [6.07, 6.45) is 1.78. The third kappa shape index (κ3) is 4.96. The van der Waals surface area contributed by atoms with Gasteiger partial charge >= 0.3 is 0 Å². The molecular formula is C12H23NO2. The third-order valence-corrected chi connectivity index (χ3v) is 2.31. The van der Waals surface area contributed by atoms with E-state index >= 15 is 0 Å². The van der Waals surface area contributed by atoms with Gasteiger partial charge in [0, 0.05) is 12.8 Å². The molecule has 0 aliphatic carbocycles. The molecule has 0 radical (unpaired) electrons. The predicted molar refractivity (Wildman–Crippen MR) is 61.6 cm³/mol. The zero-order valence-electron chi connectivity index (χ0n) is 10.5. The number of ketones is 1. The van der Waals surface area contributed by atoms with E-state index in [4.69, 9.17) is 0 Å². The van der Waals surface area contributed by atoms with Crippen molar-refractivity contribution in [2.24, 2.45) is 5.41 Å². The summed E-state index contributed by atoms with van der Waals surface area (Å²) in [5.74, 6) is 0.0752. The molecule has 3 heteroatoms. The summed E-state index contributed by atoms with van der Waals surface area (Å²) in [6, 6.07) is -0.357. The Morgan fingerprint density at radius 1 is 1.20 bits per heavy atom. The molecule has 0 rings (SSSR count). The van der Waals surface area contributed by atoms with Crippen molar-refractivity contribution < 1.29 is 9.59 Å². The Morgan fingerprint density at radius 3 is 2.07 bits per heavy atom. The number of Topliss-reactive ketones (excluding diaryl/α,β-unsaturated/α-hetero) is 1. The first-order chi connectivity index (χ1) is 6.82. The molecule has 0 aromatic rings. The Hall–Kier alpha value is -0.860. The van der Waals surface area contributed by atoms with E-state index in [0.29, 0.717) is 12.8 Å². The van der Waals surface area contributed by atoms with Crippen LogP contribution in [0.25, 0.3) is 0 Å². The minimum absolute atomic E-state index is 0.0561. The minimum Gasteiger partial charge on any atom is -0.346 e. The van der Waals surface area contributed by atoms with Gasteiger partial charge in [0.15, 0.2) is 5.78 Å². The number of hydrogen-bond donors (Lipinski definition) is 1. The Bertz CT molecular complexity index is 228. The first-order valence-corrected chi connectivity index (χ1v) is 5.65. The Kier molecular flexibility index (Phi) is 5.55. The second-order valence-electron chi connectivity index (χ2n) is 4.94. The van der Waals surface area contributed by atoms with Crippen molar-refractivity contribution in [1.29, 1.82) is 0 Å². The summed E-state index contributed by atoms with van der Waals surface area (Å²) in [5.41, 5.74) is -0.211. The van der Waals surface area contributed by atoms with Crippen LogP contribution in [0.4, 0.5) is 0 Å². The van der Waals surface area contributed by atoms with Gasteiger partial charge in [0.1, 0.15) is 0 Å². The largest absolute Gasteiger partial charge is 0.346 e. The molecule has 0 aromatic heterocycles. The van der Waals surface area contributed by atoms with E-state index in [9.17, 15) is 9.59 Å². The van der Waals surface area contributed by atoms with Crippen LogP contribution in [0.3, 0.4) is 0 Å². The first kappa shape index (κ1) is 14.1. The lowest BCUT2D eigenvalue weighted by Crippen LogP contribution is -2.48. The zero-order chi connectivity index (χ0) is 12.1. The van der Waals surface area contributed by atoms with Crippen LogP contribution in [0.2, 0.25) is 0 Å². The standard InChI is InChI=1S/C12H23NO2/c1-6-8-9(14)11(12(3,4)5)13-10(15)7-2/h11H,6-8H2,1-5H3,(H,13,15). The van der Waals surface area contributed by atoms with Crippen LogP contribution in [0.5, 0.6) is 0 Å². The SMILES string of the molecule is CCCC(=O)C(NC(=O)CC)C(C)(C)C. The predicted octanol–water partition coefficient (Wildman–Crippen LogP) is 2.30. The van der Waals surface area contributed by atoms with E-state index in [2.05, 4.69) is 5.32 Å². The van der Waals surface area contributed by atoms with Gasteiger partial charge in [-0.05, 0) is 11.8 Å². The zero-order valence-corrected chi connectivity index (χ0v) is 10.5. The van der Waals surface area contributed by atoms with E-state index in [0.717, 1.165) is 6.42 Å². The van der Waals surface area contributed by atoms with Gasteiger partial charge in [-0.15, -0.1) is 0 Å². The highest BCUT2D eigenvalue weighted by atomic mass is 16.2. The van der Waals surface area contributed by atoms with Crippen LogP contribution in [0, 0.1) is 5.41 Å². The molecule has 0 fully saturated rings. The average Bonchev–Trinajstić information content (AvgIpc) is 2.12. The lowest BCUT2D eigenvalue weighted by atomic mass is 9.83. The molecule has 88 valence electrons. The van der Waals surface area contributed by atoms with Crippen molar-refractivity contribution in [1.82, 2.24) is 5.32 Å². The molecule has 3 nitrogen and oxygen atoms in total. The van der Waals surface area contributed by atoms with Crippen molar-refractivity contribution in [2.75, 3.05) is 0 Å². The van der Waals surface area contributed by atoms with Crippen molar-refractivity contribution in [2.45, 2.75) is 59.9 Å². The maximum atomic E-state index is 11.8. The summed E-state index contributed by atoms with van der Waals surface area (Å²) in [7, 11) is 0. The van der Waals surface area contributed by atoms with E-state index < -0.39 is 0 Å². The van der Waals surface area contributed by atoms with Crippen molar-refractivity contribution in [3.8, 4) is 0 Å². The fourth-order valence-electron chi connectivity index (χ4n) is 1.43. The van der Waals surface area contributed by atoms with E-state index in [-0.39, 0.29) is 23.1 Å². The highest BCUT2D eigenvalue weighted by molar-refractivity contribution is 5.89. The molecule has 0 saturated carbocycles. The lowest BCUT2D eigenvalue weighted by Gasteiger charge is -2.30. The highest BCUT2D eigenvalue weighted by Crippen LogP contribution is 2.21. The van der Waals surface area contributed by atoms with Gasteiger partial charge in [0.2, 0.25) is 5.91 Å². The van der Waals surface area contributed by atoms with Crippen LogP contribution >= 0.6 is 0 Å². The van der Waals surface area contributed by atoms with Crippen molar-refractivity contribution in [3.63, 3.8) is 0 Å². The van der Waals surface area contributed by atoms with E-state index in [1.807, 2.05) is 27.7 Å². The Labute approximate surface area is 92.6 Å². The number of hydrogen-bond acceptors (Lipinski definition) is 2. The van der Waals surface area contributed by atoms with Gasteiger partial charge in [0.05, 0.1) is 6.04 Å². The molecule has 1 unspecified atom stereocenters. The minimum atomic E-state index is -0.357. The molecule has 0 aliphatic heterocycles. The summed E-state index contributed by atoms with van der Waals surface area (Å²) in [5, 5.41) is 2.80. The first-order valence-electron chi connectivity index (χ1n) is 5.65. The Balaban J connectivity index is 4.59. The van der Waals surface area contributed by atoms with Crippen LogP contribution < -0.4 is 5.32 Å². The maximum Gasteiger partial charge on any atom is 0.220 e. The van der Waals surface area contributed by atoms with E-state index in [1.54, 1.807) is 6.92 Å². The molecule has 0 bridgehead atoms. The molecule has 0 aliphatic rings. The normalized spacial score (nSPS) is 13.4. The van der Waals surface area contributed by atoms with Gasteiger partial charge in [-0.25, -0.2) is 0 Å². The highest BCUT2D eigenvalue weighted by Gasteiger charge is 2.31. The summed E-state index contributed by atoms with van der Waals surface area (Å²) >= 11 is 0. The van der Waals surface area contributed by atoms with Gasteiger partial charge < -0.3 is 5.32 Å². The second kappa shape index (κ2) is 5.89. The summed E-state index contributed by atoms with van der Waals surface area (Å²) in [6.45, 7) is 9.68. The second-order valence-corrected chi connectivity index (χ2v) is 4.94. The van der Waals surface area contributed by atoms with Gasteiger partial charge in [0.25, 0.3) is 0 Å². The molecule has 0 aromatic carbocycles. The van der Waals surface area contributed by atoms with Gasteiger partial charge in [-0.1, -0.05) is 34.6 Å². The summed E-state index contributed by atoms with van der Waals surface area (Å²) < 4.78 is 0.